The molecule has 30 heavy (non-hydrogen) atoms. The molecular formula is C22H22N4O3S. The molecule has 0 saturated carbocycles. The van der Waals surface area contributed by atoms with Gasteiger partial charge >= 0.3 is 0 Å². The third kappa shape index (κ3) is 4.55. The van der Waals surface area contributed by atoms with E-state index in [-0.39, 0.29) is 16.8 Å². The topological polar surface area (TPSA) is 92.3 Å². The van der Waals surface area contributed by atoms with Crippen molar-refractivity contribution in [3.63, 3.8) is 0 Å². The number of aromatic nitrogens is 2. The first-order chi connectivity index (χ1) is 14.5. The van der Waals surface area contributed by atoms with Crippen LogP contribution in [0.15, 0.2) is 78.0 Å². The molecule has 154 valence electrons. The highest BCUT2D eigenvalue weighted by Crippen LogP contribution is 2.18. The van der Waals surface area contributed by atoms with E-state index in [4.69, 9.17) is 0 Å². The van der Waals surface area contributed by atoms with Gasteiger partial charge in [0, 0.05) is 37.1 Å². The Hall–Kier alpha value is -3.10. The Labute approximate surface area is 175 Å². The average Bonchev–Trinajstić information content (AvgIpc) is 2.80. The number of carbonyl (C=O) groups is 1. The van der Waals surface area contributed by atoms with E-state index in [1.807, 2.05) is 30.3 Å². The SMILES string of the molecule is O=C(c1cnc(-c2ccccc2)nc1)N1CCC(NS(=O)(=O)c2ccccc2)CC1. The number of nitrogens with one attached hydrogen (secondary N) is 1. The predicted molar refractivity (Wildman–Crippen MR) is 113 cm³/mol. The van der Waals surface area contributed by atoms with Gasteiger partial charge in [0.25, 0.3) is 5.91 Å². The van der Waals surface area contributed by atoms with E-state index < -0.39 is 10.0 Å². The normalized spacial score (nSPS) is 15.1. The second-order valence-corrected chi connectivity index (χ2v) is 8.88. The monoisotopic (exact) mass is 422 g/mol. The van der Waals surface area contributed by atoms with E-state index in [2.05, 4.69) is 14.7 Å². The first kappa shape index (κ1) is 20.2. The molecule has 0 bridgehead atoms. The minimum absolute atomic E-state index is 0.140. The number of benzene rings is 2. The van der Waals surface area contributed by atoms with Crippen LogP contribution in [0.1, 0.15) is 23.2 Å². The number of hydrogen-bond acceptors (Lipinski definition) is 5. The van der Waals surface area contributed by atoms with Gasteiger partial charge in [-0.15, -0.1) is 0 Å². The summed E-state index contributed by atoms with van der Waals surface area (Å²) in [5.74, 6) is 0.431. The zero-order chi connectivity index (χ0) is 21.0. The fourth-order valence-electron chi connectivity index (χ4n) is 3.44. The number of carbonyl (C=O) groups excluding carboxylic acids is 1. The van der Waals surface area contributed by atoms with E-state index in [0.717, 1.165) is 5.56 Å². The Balaban J connectivity index is 1.35. The fraction of sp³-hybridized carbons (Fsp3) is 0.227. The summed E-state index contributed by atoms with van der Waals surface area (Å²) in [4.78, 5) is 23.4. The molecule has 1 aromatic heterocycles. The first-order valence-electron chi connectivity index (χ1n) is 9.77. The highest BCUT2D eigenvalue weighted by Gasteiger charge is 2.27. The number of amides is 1. The maximum atomic E-state index is 12.8. The van der Waals surface area contributed by atoms with Crippen LogP contribution in [-0.2, 0) is 10.0 Å². The van der Waals surface area contributed by atoms with Crippen LogP contribution in [0, 0.1) is 0 Å². The summed E-state index contributed by atoms with van der Waals surface area (Å²) in [5, 5.41) is 0. The van der Waals surface area contributed by atoms with Crippen LogP contribution in [0.2, 0.25) is 0 Å². The second kappa shape index (κ2) is 8.73. The molecule has 0 radical (unpaired) electrons. The Morgan fingerprint density at radius 3 is 2.07 bits per heavy atom. The molecule has 2 heterocycles. The van der Waals surface area contributed by atoms with Crippen molar-refractivity contribution >= 4 is 15.9 Å². The molecule has 1 amide bonds. The summed E-state index contributed by atoms with van der Waals surface area (Å²) >= 11 is 0. The van der Waals surface area contributed by atoms with Crippen LogP contribution < -0.4 is 4.72 Å². The van der Waals surface area contributed by atoms with E-state index in [9.17, 15) is 13.2 Å². The molecule has 8 heteroatoms. The number of nitrogens with zero attached hydrogens (tertiary/aromatic N) is 3. The van der Waals surface area contributed by atoms with E-state index in [0.29, 0.717) is 37.3 Å². The first-order valence-corrected chi connectivity index (χ1v) is 11.3. The fourth-order valence-corrected chi connectivity index (χ4v) is 4.77. The van der Waals surface area contributed by atoms with Crippen molar-refractivity contribution in [2.45, 2.75) is 23.8 Å². The van der Waals surface area contributed by atoms with Gasteiger partial charge in [-0.2, -0.15) is 0 Å². The molecule has 4 rings (SSSR count). The summed E-state index contributed by atoms with van der Waals surface area (Å²) in [5.41, 5.74) is 1.32. The molecule has 1 aliphatic heterocycles. The third-order valence-electron chi connectivity index (χ3n) is 5.09. The maximum absolute atomic E-state index is 12.8. The van der Waals surface area contributed by atoms with Crippen molar-refractivity contribution in [2.75, 3.05) is 13.1 Å². The van der Waals surface area contributed by atoms with Gasteiger partial charge in [-0.1, -0.05) is 48.5 Å². The molecule has 1 saturated heterocycles. The molecule has 1 N–H and O–H groups in total. The summed E-state index contributed by atoms with van der Waals surface area (Å²) in [6.07, 6.45) is 4.20. The van der Waals surface area contributed by atoms with Crippen LogP contribution in [0.3, 0.4) is 0 Å². The lowest BCUT2D eigenvalue weighted by Crippen LogP contribution is -2.46. The summed E-state index contributed by atoms with van der Waals surface area (Å²) in [6, 6.07) is 17.7. The Morgan fingerprint density at radius 1 is 0.900 bits per heavy atom. The lowest BCUT2D eigenvalue weighted by molar-refractivity contribution is 0.0710. The predicted octanol–water partition coefficient (Wildman–Crippen LogP) is 2.73. The minimum atomic E-state index is -3.55. The molecule has 0 unspecified atom stereocenters. The number of piperidine rings is 1. The van der Waals surface area contributed by atoms with Gasteiger partial charge in [0.1, 0.15) is 0 Å². The zero-order valence-corrected chi connectivity index (χ0v) is 17.1. The third-order valence-corrected chi connectivity index (χ3v) is 6.62. The molecule has 3 aromatic rings. The number of sulfonamides is 1. The van der Waals surface area contributed by atoms with Crippen LogP contribution in [0.5, 0.6) is 0 Å². The molecule has 0 atom stereocenters. The number of hydrogen-bond donors (Lipinski definition) is 1. The van der Waals surface area contributed by atoms with Gasteiger partial charge in [-0.3, -0.25) is 4.79 Å². The number of likely N-dealkylation sites (tertiary alicyclic amines) is 1. The van der Waals surface area contributed by atoms with Gasteiger partial charge < -0.3 is 4.90 Å². The van der Waals surface area contributed by atoms with Crippen LogP contribution >= 0.6 is 0 Å². The Morgan fingerprint density at radius 2 is 1.47 bits per heavy atom. The van der Waals surface area contributed by atoms with Gasteiger partial charge in [-0.05, 0) is 25.0 Å². The molecular weight excluding hydrogens is 400 g/mol. The minimum Gasteiger partial charge on any atom is -0.338 e. The maximum Gasteiger partial charge on any atom is 0.256 e. The Bertz CT molecular complexity index is 1100. The van der Waals surface area contributed by atoms with Gasteiger partial charge in [0.2, 0.25) is 10.0 Å². The summed E-state index contributed by atoms with van der Waals surface area (Å²) in [7, 11) is -3.55. The molecule has 7 nitrogen and oxygen atoms in total. The van der Waals surface area contributed by atoms with Crippen molar-refractivity contribution in [3.8, 4) is 11.4 Å². The van der Waals surface area contributed by atoms with Gasteiger partial charge in [0.05, 0.1) is 10.5 Å². The molecule has 0 aliphatic carbocycles. The summed E-state index contributed by atoms with van der Waals surface area (Å²) in [6.45, 7) is 0.947. The highest BCUT2D eigenvalue weighted by atomic mass is 32.2. The zero-order valence-electron chi connectivity index (χ0n) is 16.3. The van der Waals surface area contributed by atoms with Crippen molar-refractivity contribution in [3.05, 3.63) is 78.6 Å². The van der Waals surface area contributed by atoms with E-state index in [1.54, 1.807) is 47.6 Å². The standard InChI is InChI=1S/C22H22N4O3S/c27-22(18-15-23-21(24-16-18)17-7-3-1-4-8-17)26-13-11-19(12-14-26)25-30(28,29)20-9-5-2-6-10-20/h1-10,15-16,19,25H,11-14H2. The average molecular weight is 423 g/mol. The van der Waals surface area contributed by atoms with Crippen LogP contribution in [0.25, 0.3) is 11.4 Å². The van der Waals surface area contributed by atoms with Crippen molar-refractivity contribution in [1.82, 2.24) is 19.6 Å². The quantitative estimate of drug-likeness (QED) is 0.683. The molecule has 0 spiro atoms. The second-order valence-electron chi connectivity index (χ2n) is 7.16. The van der Waals surface area contributed by atoms with Gasteiger partial charge in [0.15, 0.2) is 5.82 Å². The van der Waals surface area contributed by atoms with Crippen molar-refractivity contribution in [2.24, 2.45) is 0 Å². The Kier molecular flexibility index (Phi) is 5.87. The summed E-state index contributed by atoms with van der Waals surface area (Å²) < 4.78 is 27.7. The van der Waals surface area contributed by atoms with Crippen molar-refractivity contribution < 1.29 is 13.2 Å². The number of rotatable bonds is 5. The largest absolute Gasteiger partial charge is 0.338 e. The smallest absolute Gasteiger partial charge is 0.256 e. The van der Waals surface area contributed by atoms with E-state index >= 15 is 0 Å². The van der Waals surface area contributed by atoms with E-state index in [1.165, 1.54) is 0 Å². The highest BCUT2D eigenvalue weighted by molar-refractivity contribution is 7.89. The van der Waals surface area contributed by atoms with Crippen molar-refractivity contribution in [1.29, 1.82) is 0 Å². The lowest BCUT2D eigenvalue weighted by atomic mass is 10.1. The molecule has 2 aromatic carbocycles. The molecule has 1 aliphatic rings. The molecule has 1 fully saturated rings. The van der Waals surface area contributed by atoms with Gasteiger partial charge in [-0.25, -0.2) is 23.1 Å². The van der Waals surface area contributed by atoms with Crippen LogP contribution in [0.4, 0.5) is 0 Å². The van der Waals surface area contributed by atoms with Crippen LogP contribution in [-0.4, -0.2) is 48.3 Å². The lowest BCUT2D eigenvalue weighted by Gasteiger charge is -2.32.